The highest BCUT2D eigenvalue weighted by Gasteiger charge is 2.14. The topological polar surface area (TPSA) is 70.1 Å². The average molecular weight is 195 g/mol. The van der Waals surface area contributed by atoms with Crippen LogP contribution in [0.15, 0.2) is 18.3 Å². The van der Waals surface area contributed by atoms with E-state index in [-0.39, 0.29) is 5.69 Å². The Morgan fingerprint density at radius 3 is 3.07 bits per heavy atom. The monoisotopic (exact) mass is 195 g/mol. The van der Waals surface area contributed by atoms with E-state index in [9.17, 15) is 4.79 Å². The molecule has 1 aromatic rings. The van der Waals surface area contributed by atoms with Gasteiger partial charge in [0.05, 0.1) is 19.3 Å². The Morgan fingerprint density at radius 2 is 2.50 bits per heavy atom. The normalized spacial score (nSPS) is 10.7. The van der Waals surface area contributed by atoms with Crippen LogP contribution in [0.5, 0.6) is 0 Å². The molecule has 0 atom stereocenters. The molecule has 0 saturated carbocycles. The lowest BCUT2D eigenvalue weighted by Gasteiger charge is -1.94. The van der Waals surface area contributed by atoms with Gasteiger partial charge < -0.3 is 10.5 Å². The number of ether oxygens (including phenoxy) is 1. The second-order valence-electron chi connectivity index (χ2n) is 2.72. The highest BCUT2D eigenvalue weighted by Crippen LogP contribution is 2.09. The number of carbonyl (C=O) groups excluding carboxylic acids is 1. The van der Waals surface area contributed by atoms with Gasteiger partial charge in [0.25, 0.3) is 0 Å². The van der Waals surface area contributed by atoms with Gasteiger partial charge in [-0.15, -0.1) is 0 Å². The molecule has 0 unspecified atom stereocenters. The van der Waals surface area contributed by atoms with Gasteiger partial charge in [-0.2, -0.15) is 5.10 Å². The summed E-state index contributed by atoms with van der Waals surface area (Å²) in [5.74, 6) is -0.512. The third-order valence-electron chi connectivity index (χ3n) is 1.70. The van der Waals surface area contributed by atoms with Gasteiger partial charge >= 0.3 is 5.97 Å². The quantitative estimate of drug-likeness (QED) is 0.572. The maximum Gasteiger partial charge on any atom is 0.360 e. The third kappa shape index (κ3) is 2.12. The molecule has 0 aliphatic rings. The van der Waals surface area contributed by atoms with Gasteiger partial charge in [0.15, 0.2) is 5.69 Å². The largest absolute Gasteiger partial charge is 0.464 e. The summed E-state index contributed by atoms with van der Waals surface area (Å²) >= 11 is 0. The average Bonchev–Trinajstić information content (AvgIpc) is 2.55. The van der Waals surface area contributed by atoms with Crippen molar-refractivity contribution in [2.45, 2.75) is 13.5 Å². The van der Waals surface area contributed by atoms with Gasteiger partial charge in [-0.1, -0.05) is 12.2 Å². The van der Waals surface area contributed by atoms with Crippen LogP contribution in [0, 0.1) is 0 Å². The van der Waals surface area contributed by atoms with E-state index in [4.69, 9.17) is 5.73 Å². The second-order valence-corrected chi connectivity index (χ2v) is 2.72. The lowest BCUT2D eigenvalue weighted by atomic mass is 10.4. The van der Waals surface area contributed by atoms with Crippen LogP contribution < -0.4 is 5.73 Å². The summed E-state index contributed by atoms with van der Waals surface area (Å²) < 4.78 is 6.11. The number of hydrogen-bond acceptors (Lipinski definition) is 4. The molecule has 5 heteroatoms. The summed E-state index contributed by atoms with van der Waals surface area (Å²) in [6.45, 7) is 2.51. The molecule has 2 N–H and O–H groups in total. The third-order valence-corrected chi connectivity index (χ3v) is 1.70. The molecule has 0 fully saturated rings. The fourth-order valence-electron chi connectivity index (χ4n) is 0.999. The number of hydrogen-bond donors (Lipinski definition) is 1. The minimum absolute atomic E-state index is 0.164. The van der Waals surface area contributed by atoms with Crippen LogP contribution in [-0.4, -0.2) is 22.9 Å². The van der Waals surface area contributed by atoms with Crippen molar-refractivity contribution in [2.75, 3.05) is 12.8 Å². The van der Waals surface area contributed by atoms with E-state index in [0.29, 0.717) is 12.2 Å². The summed E-state index contributed by atoms with van der Waals surface area (Å²) in [5, 5.41) is 3.98. The molecule has 0 bridgehead atoms. The Balaban J connectivity index is 2.87. The second kappa shape index (κ2) is 4.45. The number of nitrogens with two attached hydrogens (primary N) is 1. The Bertz CT molecular complexity index is 355. The molecule has 0 saturated heterocycles. The predicted octanol–water partition coefficient (Wildman–Crippen LogP) is 0.828. The molecule has 0 radical (unpaired) electrons. The number of carbonyl (C=O) groups is 1. The van der Waals surface area contributed by atoms with Gasteiger partial charge in [0.1, 0.15) is 0 Å². The maximum atomic E-state index is 11.1. The Labute approximate surface area is 82.2 Å². The lowest BCUT2D eigenvalue weighted by molar-refractivity contribution is 0.0594. The number of aromatic nitrogens is 2. The SMILES string of the molecule is C/C=C/Cn1cc(N)c(C(=O)OC)n1. The molecule has 0 aromatic carbocycles. The Kier molecular flexibility index (Phi) is 3.28. The molecular weight excluding hydrogens is 182 g/mol. The zero-order valence-corrected chi connectivity index (χ0v) is 8.23. The van der Waals surface area contributed by atoms with Crippen molar-refractivity contribution in [1.29, 1.82) is 0 Å². The lowest BCUT2D eigenvalue weighted by Crippen LogP contribution is -2.06. The van der Waals surface area contributed by atoms with Crippen molar-refractivity contribution >= 4 is 11.7 Å². The highest BCUT2D eigenvalue weighted by molar-refractivity contribution is 5.92. The van der Waals surface area contributed by atoms with E-state index in [1.54, 1.807) is 10.9 Å². The van der Waals surface area contributed by atoms with E-state index in [1.807, 2.05) is 19.1 Å². The number of anilines is 1. The first-order valence-corrected chi connectivity index (χ1v) is 4.21. The highest BCUT2D eigenvalue weighted by atomic mass is 16.5. The molecule has 1 rings (SSSR count). The number of rotatable bonds is 3. The van der Waals surface area contributed by atoms with Crippen molar-refractivity contribution in [2.24, 2.45) is 0 Å². The number of allylic oxidation sites excluding steroid dienone is 2. The van der Waals surface area contributed by atoms with Gasteiger partial charge in [0.2, 0.25) is 0 Å². The zero-order valence-electron chi connectivity index (χ0n) is 8.23. The van der Waals surface area contributed by atoms with E-state index in [0.717, 1.165) is 0 Å². The summed E-state index contributed by atoms with van der Waals surface area (Å²) in [5.41, 5.74) is 6.08. The molecule has 14 heavy (non-hydrogen) atoms. The summed E-state index contributed by atoms with van der Waals surface area (Å²) in [7, 11) is 1.30. The fraction of sp³-hybridized carbons (Fsp3) is 0.333. The van der Waals surface area contributed by atoms with E-state index in [2.05, 4.69) is 9.84 Å². The summed E-state index contributed by atoms with van der Waals surface area (Å²) in [6, 6.07) is 0. The summed E-state index contributed by atoms with van der Waals surface area (Å²) in [6.07, 6.45) is 5.41. The molecule has 0 amide bonds. The molecule has 5 nitrogen and oxygen atoms in total. The van der Waals surface area contributed by atoms with Crippen molar-refractivity contribution in [3.63, 3.8) is 0 Å². The van der Waals surface area contributed by atoms with Gasteiger partial charge in [-0.25, -0.2) is 4.79 Å². The molecule has 1 heterocycles. The first-order valence-electron chi connectivity index (χ1n) is 4.21. The van der Waals surface area contributed by atoms with Crippen LogP contribution in [0.3, 0.4) is 0 Å². The first kappa shape index (κ1) is 10.3. The van der Waals surface area contributed by atoms with Crippen molar-refractivity contribution in [1.82, 2.24) is 9.78 Å². The van der Waals surface area contributed by atoms with E-state index >= 15 is 0 Å². The van der Waals surface area contributed by atoms with Crippen molar-refractivity contribution < 1.29 is 9.53 Å². The van der Waals surface area contributed by atoms with Gasteiger partial charge in [-0.05, 0) is 6.92 Å². The standard InChI is InChI=1S/C9H13N3O2/c1-3-4-5-12-6-7(10)8(11-12)9(13)14-2/h3-4,6H,5,10H2,1-2H3/b4-3+. The smallest absolute Gasteiger partial charge is 0.360 e. The van der Waals surface area contributed by atoms with Crippen LogP contribution in [-0.2, 0) is 11.3 Å². The fourth-order valence-corrected chi connectivity index (χ4v) is 0.999. The molecule has 0 aliphatic carbocycles. The first-order chi connectivity index (χ1) is 6.69. The number of nitrogen functional groups attached to an aromatic ring is 1. The minimum Gasteiger partial charge on any atom is -0.464 e. The zero-order chi connectivity index (χ0) is 10.6. The maximum absolute atomic E-state index is 11.1. The van der Waals surface area contributed by atoms with Crippen LogP contribution in [0.25, 0.3) is 0 Å². The summed E-state index contributed by atoms with van der Waals surface area (Å²) in [4.78, 5) is 11.1. The molecular formula is C9H13N3O2. The number of esters is 1. The van der Waals surface area contributed by atoms with Crippen molar-refractivity contribution in [3.8, 4) is 0 Å². The predicted molar refractivity (Wildman–Crippen MR) is 52.8 cm³/mol. The number of methoxy groups -OCH3 is 1. The van der Waals surface area contributed by atoms with Gasteiger partial charge in [-0.3, -0.25) is 4.68 Å². The van der Waals surface area contributed by atoms with E-state index < -0.39 is 5.97 Å². The molecule has 76 valence electrons. The van der Waals surface area contributed by atoms with Crippen LogP contribution in [0.4, 0.5) is 5.69 Å². The molecule has 0 spiro atoms. The van der Waals surface area contributed by atoms with Crippen molar-refractivity contribution in [3.05, 3.63) is 24.0 Å². The Hall–Kier alpha value is -1.78. The van der Waals surface area contributed by atoms with Crippen LogP contribution in [0.2, 0.25) is 0 Å². The molecule has 0 aliphatic heterocycles. The van der Waals surface area contributed by atoms with Crippen LogP contribution >= 0.6 is 0 Å². The van der Waals surface area contributed by atoms with Gasteiger partial charge in [0, 0.05) is 6.20 Å². The minimum atomic E-state index is -0.512. The van der Waals surface area contributed by atoms with E-state index in [1.165, 1.54) is 7.11 Å². The number of nitrogens with zero attached hydrogens (tertiary/aromatic N) is 2. The van der Waals surface area contributed by atoms with Crippen LogP contribution in [0.1, 0.15) is 17.4 Å². The Morgan fingerprint density at radius 1 is 1.79 bits per heavy atom. The molecule has 1 aromatic heterocycles.